The number of carboxylic acids is 1. The Morgan fingerprint density at radius 3 is 2.84 bits per heavy atom. The van der Waals surface area contributed by atoms with Gasteiger partial charge in [-0.15, -0.1) is 10.2 Å². The molecular formula is C11H14N4O2S2. The number of carbonyl (C=O) groups is 1. The Morgan fingerprint density at radius 1 is 1.53 bits per heavy atom. The van der Waals surface area contributed by atoms with Crippen molar-refractivity contribution in [1.29, 1.82) is 0 Å². The van der Waals surface area contributed by atoms with E-state index < -0.39 is 5.97 Å². The molecule has 102 valence electrons. The molecule has 0 aliphatic heterocycles. The topological polar surface area (TPSA) is 80.9 Å². The molecule has 0 saturated heterocycles. The second kappa shape index (κ2) is 5.70. The summed E-state index contributed by atoms with van der Waals surface area (Å²) in [5, 5.41) is 21.8. The third-order valence-electron chi connectivity index (χ3n) is 2.36. The minimum absolute atomic E-state index is 0.00586. The molecule has 2 aromatic heterocycles. The van der Waals surface area contributed by atoms with Crippen LogP contribution in [-0.2, 0) is 4.79 Å². The number of aryl methyl sites for hydroxylation is 1. The maximum absolute atomic E-state index is 10.5. The number of aromatic nitrogens is 4. The first kappa shape index (κ1) is 14.0. The van der Waals surface area contributed by atoms with Gasteiger partial charge in [0.2, 0.25) is 0 Å². The van der Waals surface area contributed by atoms with Crippen LogP contribution in [0.3, 0.4) is 0 Å². The molecule has 0 spiro atoms. The summed E-state index contributed by atoms with van der Waals surface area (Å²) in [7, 11) is 0. The van der Waals surface area contributed by atoms with E-state index >= 15 is 0 Å². The first-order chi connectivity index (χ1) is 8.97. The molecule has 1 N–H and O–H groups in total. The lowest BCUT2D eigenvalue weighted by atomic mass is 10.3. The number of carboxylic acid groups (broad SMARTS) is 1. The fourth-order valence-corrected chi connectivity index (χ4v) is 3.14. The maximum Gasteiger partial charge on any atom is 0.313 e. The highest BCUT2D eigenvalue weighted by Crippen LogP contribution is 2.29. The van der Waals surface area contributed by atoms with Gasteiger partial charge in [0.1, 0.15) is 5.69 Å². The molecule has 8 heteroatoms. The first-order valence-electron chi connectivity index (χ1n) is 5.72. The van der Waals surface area contributed by atoms with E-state index in [1.54, 1.807) is 0 Å². The monoisotopic (exact) mass is 298 g/mol. The Kier molecular flexibility index (Phi) is 4.20. The van der Waals surface area contributed by atoms with Crippen LogP contribution in [0.5, 0.6) is 0 Å². The molecule has 0 unspecified atom stereocenters. The standard InChI is InChI=1S/C11H14N4O2S2/c1-6(2)15-7(3)4-8(14-15)10-12-13-11(19-10)18-5-9(16)17/h4,6H,5H2,1-3H3,(H,16,17). The fraction of sp³-hybridized carbons (Fsp3) is 0.455. The van der Waals surface area contributed by atoms with E-state index in [4.69, 9.17) is 5.11 Å². The average molecular weight is 298 g/mol. The predicted molar refractivity (Wildman–Crippen MR) is 74.6 cm³/mol. The number of nitrogens with zero attached hydrogens (tertiary/aromatic N) is 4. The molecule has 0 bridgehead atoms. The third-order valence-corrected chi connectivity index (χ3v) is 4.42. The van der Waals surface area contributed by atoms with Gasteiger partial charge in [-0.2, -0.15) is 5.10 Å². The summed E-state index contributed by atoms with van der Waals surface area (Å²) in [4.78, 5) is 10.5. The van der Waals surface area contributed by atoms with Crippen LogP contribution < -0.4 is 0 Å². The van der Waals surface area contributed by atoms with Crippen LogP contribution in [0, 0.1) is 6.92 Å². The zero-order chi connectivity index (χ0) is 14.0. The van der Waals surface area contributed by atoms with E-state index in [1.165, 1.54) is 23.1 Å². The van der Waals surface area contributed by atoms with E-state index in [0.717, 1.165) is 16.4 Å². The van der Waals surface area contributed by atoms with Crippen molar-refractivity contribution in [3.05, 3.63) is 11.8 Å². The van der Waals surface area contributed by atoms with Gasteiger partial charge in [0.15, 0.2) is 9.35 Å². The van der Waals surface area contributed by atoms with Crippen molar-refractivity contribution in [2.24, 2.45) is 0 Å². The van der Waals surface area contributed by atoms with Gasteiger partial charge >= 0.3 is 5.97 Å². The summed E-state index contributed by atoms with van der Waals surface area (Å²) in [6, 6.07) is 2.26. The van der Waals surface area contributed by atoms with Gasteiger partial charge in [-0.25, -0.2) is 0 Å². The highest BCUT2D eigenvalue weighted by Gasteiger charge is 2.14. The highest BCUT2D eigenvalue weighted by atomic mass is 32.2. The summed E-state index contributed by atoms with van der Waals surface area (Å²) in [6.45, 7) is 6.13. The van der Waals surface area contributed by atoms with Crippen molar-refractivity contribution < 1.29 is 9.90 Å². The lowest BCUT2D eigenvalue weighted by Crippen LogP contribution is -2.04. The molecule has 0 radical (unpaired) electrons. The first-order valence-corrected chi connectivity index (χ1v) is 7.52. The molecule has 19 heavy (non-hydrogen) atoms. The van der Waals surface area contributed by atoms with Crippen molar-refractivity contribution in [2.45, 2.75) is 31.2 Å². The van der Waals surface area contributed by atoms with E-state index in [2.05, 4.69) is 29.1 Å². The third kappa shape index (κ3) is 3.32. The molecule has 2 heterocycles. The molecular weight excluding hydrogens is 284 g/mol. The number of aliphatic carboxylic acids is 1. The van der Waals surface area contributed by atoms with E-state index in [9.17, 15) is 4.79 Å². The number of rotatable bonds is 5. The molecule has 0 saturated carbocycles. The van der Waals surface area contributed by atoms with Crippen LogP contribution in [0.1, 0.15) is 25.6 Å². The summed E-state index contributed by atoms with van der Waals surface area (Å²) in [5.41, 5.74) is 1.85. The van der Waals surface area contributed by atoms with Gasteiger partial charge in [0, 0.05) is 11.7 Å². The molecule has 6 nitrogen and oxygen atoms in total. The van der Waals surface area contributed by atoms with E-state index in [-0.39, 0.29) is 5.75 Å². The smallest absolute Gasteiger partial charge is 0.313 e. The molecule has 0 aromatic carbocycles. The number of hydrogen-bond acceptors (Lipinski definition) is 6. The largest absolute Gasteiger partial charge is 0.481 e. The fourth-order valence-electron chi connectivity index (χ4n) is 1.61. The molecule has 0 atom stereocenters. The van der Waals surface area contributed by atoms with Crippen molar-refractivity contribution in [3.8, 4) is 10.7 Å². The van der Waals surface area contributed by atoms with Gasteiger partial charge in [-0.1, -0.05) is 23.1 Å². The van der Waals surface area contributed by atoms with Gasteiger partial charge in [0.05, 0.1) is 5.75 Å². The van der Waals surface area contributed by atoms with Gasteiger partial charge in [-0.05, 0) is 26.8 Å². The van der Waals surface area contributed by atoms with Gasteiger partial charge in [-0.3, -0.25) is 9.48 Å². The second-order valence-corrected chi connectivity index (χ2v) is 6.46. The Morgan fingerprint density at radius 2 is 2.26 bits per heavy atom. The minimum Gasteiger partial charge on any atom is -0.481 e. The van der Waals surface area contributed by atoms with Crippen molar-refractivity contribution in [3.63, 3.8) is 0 Å². The number of hydrogen-bond donors (Lipinski definition) is 1. The number of thioether (sulfide) groups is 1. The normalized spacial score (nSPS) is 11.2. The minimum atomic E-state index is -0.860. The van der Waals surface area contributed by atoms with Crippen molar-refractivity contribution >= 4 is 29.1 Å². The molecule has 0 aliphatic carbocycles. The van der Waals surface area contributed by atoms with Crippen LogP contribution in [0.15, 0.2) is 10.4 Å². The summed E-state index contributed by atoms with van der Waals surface area (Å²) < 4.78 is 2.58. The highest BCUT2D eigenvalue weighted by molar-refractivity contribution is 8.01. The Labute approximate surface area is 118 Å². The van der Waals surface area contributed by atoms with Crippen LogP contribution in [0.4, 0.5) is 0 Å². The zero-order valence-corrected chi connectivity index (χ0v) is 12.5. The van der Waals surface area contributed by atoms with E-state index in [0.29, 0.717) is 10.4 Å². The van der Waals surface area contributed by atoms with Crippen molar-refractivity contribution in [1.82, 2.24) is 20.0 Å². The van der Waals surface area contributed by atoms with Crippen LogP contribution in [-0.4, -0.2) is 36.8 Å². The lowest BCUT2D eigenvalue weighted by Gasteiger charge is -2.06. The quantitative estimate of drug-likeness (QED) is 0.854. The molecule has 0 fully saturated rings. The Bertz CT molecular complexity index is 591. The van der Waals surface area contributed by atoms with Crippen LogP contribution in [0.25, 0.3) is 10.7 Å². The Balaban J connectivity index is 2.18. The average Bonchev–Trinajstić information content (AvgIpc) is 2.92. The Hall–Kier alpha value is -1.41. The lowest BCUT2D eigenvalue weighted by molar-refractivity contribution is -0.133. The van der Waals surface area contributed by atoms with Crippen LogP contribution in [0.2, 0.25) is 0 Å². The molecule has 2 rings (SSSR count). The van der Waals surface area contributed by atoms with Crippen molar-refractivity contribution in [2.75, 3.05) is 5.75 Å². The molecule has 2 aromatic rings. The van der Waals surface area contributed by atoms with Gasteiger partial charge in [0.25, 0.3) is 0 Å². The summed E-state index contributed by atoms with van der Waals surface area (Å²) in [5.74, 6) is -0.865. The predicted octanol–water partition coefficient (Wildman–Crippen LogP) is 2.47. The summed E-state index contributed by atoms with van der Waals surface area (Å²) in [6.07, 6.45) is 0. The van der Waals surface area contributed by atoms with Crippen LogP contribution >= 0.6 is 23.1 Å². The molecule has 0 amide bonds. The SMILES string of the molecule is Cc1cc(-c2nnc(SCC(=O)O)s2)nn1C(C)C. The molecule has 0 aliphatic rings. The zero-order valence-electron chi connectivity index (χ0n) is 10.8. The maximum atomic E-state index is 10.5. The summed E-state index contributed by atoms with van der Waals surface area (Å²) >= 11 is 2.54. The second-order valence-electron chi connectivity index (χ2n) is 4.26. The van der Waals surface area contributed by atoms with Gasteiger partial charge < -0.3 is 5.11 Å². The van der Waals surface area contributed by atoms with E-state index in [1.807, 2.05) is 17.7 Å².